The fourth-order valence-electron chi connectivity index (χ4n) is 3.92. The number of rotatable bonds is 6. The molecular weight excluding hydrogens is 476 g/mol. The number of carbonyl (C=O) groups excluding carboxylic acids is 1. The van der Waals surface area contributed by atoms with Gasteiger partial charge in [0, 0.05) is 25.1 Å². The minimum absolute atomic E-state index is 0.0759. The Bertz CT molecular complexity index is 1290. The second kappa shape index (κ2) is 9.59. The van der Waals surface area contributed by atoms with Crippen LogP contribution in [0.15, 0.2) is 64.1 Å². The molecule has 6 nitrogen and oxygen atoms in total. The number of benzene rings is 2. The fraction of sp³-hybridized carbons (Fsp3) is 0.261. The van der Waals surface area contributed by atoms with Crippen molar-refractivity contribution in [1.82, 2.24) is 4.31 Å². The Morgan fingerprint density at radius 1 is 0.971 bits per heavy atom. The summed E-state index contributed by atoms with van der Waals surface area (Å²) in [5.74, 6) is -4.48. The van der Waals surface area contributed by atoms with E-state index in [0.717, 1.165) is 33.5 Å². The Kier molecular flexibility index (Phi) is 6.76. The molecule has 1 aromatic heterocycles. The molecule has 1 aliphatic rings. The zero-order valence-corrected chi connectivity index (χ0v) is 18.6. The Hall–Kier alpha value is -3.18. The predicted molar refractivity (Wildman–Crippen MR) is 114 cm³/mol. The van der Waals surface area contributed by atoms with E-state index >= 15 is 0 Å². The first-order valence-electron chi connectivity index (χ1n) is 10.4. The minimum atomic E-state index is -4.31. The predicted octanol–water partition coefficient (Wildman–Crippen LogP) is 4.47. The van der Waals surface area contributed by atoms with Crippen LogP contribution >= 0.6 is 0 Å². The molecule has 1 amide bonds. The number of sulfonamides is 1. The molecular formula is C23H20F4N2O4S. The average Bonchev–Trinajstić information content (AvgIpc) is 3.32. The third-order valence-corrected chi connectivity index (χ3v) is 7.59. The van der Waals surface area contributed by atoms with Crippen LogP contribution in [-0.2, 0) is 21.4 Å². The van der Waals surface area contributed by atoms with Gasteiger partial charge < -0.3 is 9.32 Å². The number of carbonyl (C=O) groups is 1. The summed E-state index contributed by atoms with van der Waals surface area (Å²) in [4.78, 5) is 13.7. The van der Waals surface area contributed by atoms with Crippen molar-refractivity contribution in [3.05, 3.63) is 83.8 Å². The summed E-state index contributed by atoms with van der Waals surface area (Å²) >= 11 is 0. The van der Waals surface area contributed by atoms with Gasteiger partial charge in [-0.2, -0.15) is 4.31 Å². The van der Waals surface area contributed by atoms with Gasteiger partial charge in [0.2, 0.25) is 15.9 Å². The van der Waals surface area contributed by atoms with Gasteiger partial charge in [-0.15, -0.1) is 0 Å². The normalized spacial score (nSPS) is 15.4. The lowest BCUT2D eigenvalue weighted by Crippen LogP contribution is -2.44. The highest BCUT2D eigenvalue weighted by Crippen LogP contribution is 2.30. The summed E-state index contributed by atoms with van der Waals surface area (Å²) < 4.78 is 87.4. The van der Waals surface area contributed by atoms with E-state index in [2.05, 4.69) is 0 Å². The molecule has 2 aromatic carbocycles. The Balaban J connectivity index is 1.53. The SMILES string of the molecule is O=C(C1CCN(S(=O)(=O)c2cc(F)ccc2F)CC1)N(Cc1ccco1)c1ccc(F)cc1F. The van der Waals surface area contributed by atoms with Gasteiger partial charge in [-0.25, -0.2) is 26.0 Å². The van der Waals surface area contributed by atoms with Crippen molar-refractivity contribution in [2.24, 2.45) is 5.92 Å². The van der Waals surface area contributed by atoms with Crippen LogP contribution in [0.1, 0.15) is 18.6 Å². The molecule has 0 saturated carbocycles. The highest BCUT2D eigenvalue weighted by molar-refractivity contribution is 7.89. The van der Waals surface area contributed by atoms with Crippen molar-refractivity contribution in [2.75, 3.05) is 18.0 Å². The van der Waals surface area contributed by atoms with Crippen molar-refractivity contribution in [2.45, 2.75) is 24.3 Å². The van der Waals surface area contributed by atoms with Crippen LogP contribution < -0.4 is 4.90 Å². The van der Waals surface area contributed by atoms with Crippen LogP contribution in [0.4, 0.5) is 23.2 Å². The van der Waals surface area contributed by atoms with Crippen LogP contribution in [0.25, 0.3) is 0 Å². The van der Waals surface area contributed by atoms with Crippen molar-refractivity contribution < 1.29 is 35.2 Å². The summed E-state index contributed by atoms with van der Waals surface area (Å²) in [5, 5.41) is 0. The van der Waals surface area contributed by atoms with Gasteiger partial charge in [-0.3, -0.25) is 4.79 Å². The second-order valence-corrected chi connectivity index (χ2v) is 9.76. The van der Waals surface area contributed by atoms with Crippen LogP contribution in [0.2, 0.25) is 0 Å². The zero-order chi connectivity index (χ0) is 24.5. The highest BCUT2D eigenvalue weighted by Gasteiger charge is 2.36. The smallest absolute Gasteiger partial charge is 0.246 e. The number of piperidine rings is 1. The molecule has 0 radical (unpaired) electrons. The molecule has 1 saturated heterocycles. The molecule has 0 spiro atoms. The third-order valence-electron chi connectivity index (χ3n) is 5.67. The number of hydrogen-bond donors (Lipinski definition) is 0. The third kappa shape index (κ3) is 4.85. The quantitative estimate of drug-likeness (QED) is 0.472. The van der Waals surface area contributed by atoms with Gasteiger partial charge in [0.1, 0.15) is 33.9 Å². The van der Waals surface area contributed by atoms with Crippen molar-refractivity contribution in [3.63, 3.8) is 0 Å². The first kappa shape index (κ1) is 24.0. The number of furan rings is 1. The number of amides is 1. The minimum Gasteiger partial charge on any atom is -0.467 e. The molecule has 1 aliphatic heterocycles. The molecule has 0 atom stereocenters. The Morgan fingerprint density at radius 2 is 1.65 bits per heavy atom. The van der Waals surface area contributed by atoms with E-state index in [1.54, 1.807) is 12.1 Å². The number of hydrogen-bond acceptors (Lipinski definition) is 4. The first-order valence-corrected chi connectivity index (χ1v) is 11.8. The summed E-state index contributed by atoms with van der Waals surface area (Å²) in [6.07, 6.45) is 1.55. The molecule has 3 aromatic rings. The monoisotopic (exact) mass is 496 g/mol. The maximum absolute atomic E-state index is 14.5. The van der Waals surface area contributed by atoms with E-state index < -0.39 is 50.0 Å². The van der Waals surface area contributed by atoms with Gasteiger partial charge in [0.15, 0.2) is 0 Å². The molecule has 0 aliphatic carbocycles. The molecule has 11 heteroatoms. The molecule has 4 rings (SSSR count). The van der Waals surface area contributed by atoms with E-state index in [-0.39, 0.29) is 38.2 Å². The van der Waals surface area contributed by atoms with Crippen molar-refractivity contribution in [1.29, 1.82) is 0 Å². The van der Waals surface area contributed by atoms with E-state index in [0.29, 0.717) is 17.9 Å². The molecule has 180 valence electrons. The lowest BCUT2D eigenvalue weighted by molar-refractivity contribution is -0.123. The summed E-state index contributed by atoms with van der Waals surface area (Å²) in [6, 6.07) is 8.23. The first-order chi connectivity index (χ1) is 16.2. The highest BCUT2D eigenvalue weighted by atomic mass is 32.2. The lowest BCUT2D eigenvalue weighted by atomic mass is 9.96. The van der Waals surface area contributed by atoms with E-state index in [1.165, 1.54) is 6.26 Å². The van der Waals surface area contributed by atoms with Gasteiger partial charge in [-0.05, 0) is 55.3 Å². The topological polar surface area (TPSA) is 70.8 Å². The lowest BCUT2D eigenvalue weighted by Gasteiger charge is -2.33. The van der Waals surface area contributed by atoms with Gasteiger partial charge in [0.05, 0.1) is 18.5 Å². The zero-order valence-electron chi connectivity index (χ0n) is 17.8. The number of halogens is 4. The standard InChI is InChI=1S/C23H20F4N2O4S/c24-16-4-6-21(20(27)12-16)29(14-18-2-1-11-33-18)23(30)15-7-9-28(10-8-15)34(31,32)22-13-17(25)3-5-19(22)26/h1-6,11-13,15H,7-10,14H2. The van der Waals surface area contributed by atoms with Crippen LogP contribution in [0, 0.1) is 29.2 Å². The van der Waals surface area contributed by atoms with Gasteiger partial charge >= 0.3 is 0 Å². The Labute approximate surface area is 193 Å². The number of nitrogens with zero attached hydrogens (tertiary/aromatic N) is 2. The van der Waals surface area contributed by atoms with E-state index in [4.69, 9.17) is 4.42 Å². The van der Waals surface area contributed by atoms with E-state index in [1.807, 2.05) is 0 Å². The summed E-state index contributed by atoms with van der Waals surface area (Å²) in [7, 11) is -4.31. The summed E-state index contributed by atoms with van der Waals surface area (Å²) in [5.41, 5.74) is -0.139. The van der Waals surface area contributed by atoms with E-state index in [9.17, 15) is 30.8 Å². The largest absolute Gasteiger partial charge is 0.467 e. The maximum atomic E-state index is 14.5. The molecule has 0 unspecified atom stereocenters. The van der Waals surface area contributed by atoms with Gasteiger partial charge in [0.25, 0.3) is 0 Å². The van der Waals surface area contributed by atoms with Crippen LogP contribution in [0.3, 0.4) is 0 Å². The van der Waals surface area contributed by atoms with Crippen LogP contribution in [0.5, 0.6) is 0 Å². The van der Waals surface area contributed by atoms with Gasteiger partial charge in [-0.1, -0.05) is 0 Å². The molecule has 1 fully saturated rings. The maximum Gasteiger partial charge on any atom is 0.246 e. The molecule has 34 heavy (non-hydrogen) atoms. The fourth-order valence-corrected chi connectivity index (χ4v) is 5.46. The Morgan fingerprint density at radius 3 is 2.29 bits per heavy atom. The average molecular weight is 496 g/mol. The van der Waals surface area contributed by atoms with Crippen LogP contribution in [-0.4, -0.2) is 31.7 Å². The van der Waals surface area contributed by atoms with Crippen molar-refractivity contribution in [3.8, 4) is 0 Å². The van der Waals surface area contributed by atoms with Crippen molar-refractivity contribution >= 4 is 21.6 Å². The molecule has 0 N–H and O–H groups in total. The summed E-state index contributed by atoms with van der Waals surface area (Å²) in [6.45, 7) is -0.341. The molecule has 0 bridgehead atoms. The molecule has 2 heterocycles. The number of anilines is 1. The second-order valence-electron chi connectivity index (χ2n) is 7.85.